The molecule has 0 bridgehead atoms. The molecule has 0 aliphatic heterocycles. The van der Waals surface area contributed by atoms with E-state index in [0.717, 1.165) is 40.3 Å². The first-order valence-corrected chi connectivity index (χ1v) is 7.99. The topological polar surface area (TPSA) is 86.1 Å². The van der Waals surface area contributed by atoms with Crippen LogP contribution in [0.5, 0.6) is 0 Å². The molecule has 0 spiro atoms. The van der Waals surface area contributed by atoms with Gasteiger partial charge in [0.15, 0.2) is 22.6 Å². The number of fused-ring (bicyclic) bond motifs is 3. The zero-order valence-corrected chi connectivity index (χ0v) is 13.2. The highest BCUT2D eigenvalue weighted by Gasteiger charge is 2.34. The molecule has 3 N–H and O–H groups in total. The quantitative estimate of drug-likeness (QED) is 0.601. The number of anilines is 1. The van der Waals surface area contributed by atoms with Crippen molar-refractivity contribution in [2.45, 2.75) is 18.5 Å². The summed E-state index contributed by atoms with van der Waals surface area (Å²) in [6.45, 7) is 0. The highest BCUT2D eigenvalue weighted by molar-refractivity contribution is 5.86. The Morgan fingerprint density at radius 2 is 2.04 bits per heavy atom. The molecule has 7 nitrogen and oxygen atoms in total. The van der Waals surface area contributed by atoms with Crippen LogP contribution in [-0.2, 0) is 7.05 Å². The number of imidazole rings is 1. The summed E-state index contributed by atoms with van der Waals surface area (Å²) in [5, 5.41) is 8.15. The molecular formula is C17H17N7. The number of nitrogens with one attached hydrogen (secondary N) is 1. The maximum Gasteiger partial charge on any atom is 0.167 e. The van der Waals surface area contributed by atoms with Crippen LogP contribution in [-0.4, -0.2) is 36.2 Å². The van der Waals surface area contributed by atoms with Crippen molar-refractivity contribution >= 4 is 22.6 Å². The second-order valence-electron chi connectivity index (χ2n) is 6.30. The normalized spacial score (nSPS) is 19.9. The van der Waals surface area contributed by atoms with E-state index < -0.39 is 0 Å². The molecule has 0 radical (unpaired) electrons. The lowest BCUT2D eigenvalue weighted by Gasteiger charge is -2.06. The van der Waals surface area contributed by atoms with Gasteiger partial charge >= 0.3 is 0 Å². The van der Waals surface area contributed by atoms with Crippen molar-refractivity contribution in [3.05, 3.63) is 42.7 Å². The van der Waals surface area contributed by atoms with Crippen LogP contribution in [0.2, 0.25) is 0 Å². The van der Waals surface area contributed by atoms with Crippen LogP contribution in [0.4, 0.5) is 5.82 Å². The maximum atomic E-state index is 5.92. The van der Waals surface area contributed by atoms with E-state index in [1.807, 2.05) is 52.5 Å². The minimum Gasteiger partial charge on any atom is -0.364 e. The number of nitrogens with zero attached hydrogens (tertiary/aromatic N) is 5. The van der Waals surface area contributed by atoms with Gasteiger partial charge < -0.3 is 15.6 Å². The number of aromatic nitrogens is 5. The smallest absolute Gasteiger partial charge is 0.167 e. The van der Waals surface area contributed by atoms with Crippen LogP contribution < -0.4 is 11.1 Å². The summed E-state index contributed by atoms with van der Waals surface area (Å²) in [5.41, 5.74) is 10.4. The van der Waals surface area contributed by atoms with Crippen molar-refractivity contribution in [1.82, 2.24) is 24.1 Å². The molecule has 0 amide bonds. The molecule has 1 saturated carbocycles. The van der Waals surface area contributed by atoms with Crippen molar-refractivity contribution in [3.63, 3.8) is 0 Å². The average molecular weight is 319 g/mol. The lowest BCUT2D eigenvalue weighted by Crippen LogP contribution is -2.15. The number of hydrogen-bond acceptors (Lipinski definition) is 5. The molecule has 7 heteroatoms. The molecule has 5 rings (SSSR count). The first-order chi connectivity index (χ1) is 11.7. The van der Waals surface area contributed by atoms with E-state index >= 15 is 0 Å². The van der Waals surface area contributed by atoms with Gasteiger partial charge in [-0.05, 0) is 6.42 Å². The highest BCUT2D eigenvalue weighted by atomic mass is 15.3. The Bertz CT molecular complexity index is 1050. The lowest BCUT2D eigenvalue weighted by molar-refractivity contribution is 0.876. The number of hydrogen-bond donors (Lipinski definition) is 2. The fraction of sp³-hybridized carbons (Fsp3) is 0.235. The largest absolute Gasteiger partial charge is 0.364 e. The van der Waals surface area contributed by atoms with E-state index in [1.165, 1.54) is 0 Å². The summed E-state index contributed by atoms with van der Waals surface area (Å²) < 4.78 is 3.81. The monoisotopic (exact) mass is 319 g/mol. The van der Waals surface area contributed by atoms with Gasteiger partial charge in [0.2, 0.25) is 0 Å². The average Bonchev–Trinajstić information content (AvgIpc) is 2.98. The van der Waals surface area contributed by atoms with Gasteiger partial charge in [0.05, 0.1) is 12.0 Å². The van der Waals surface area contributed by atoms with Crippen LogP contribution in [0.25, 0.3) is 28.1 Å². The Hall–Kier alpha value is -2.93. The molecule has 1 aromatic carbocycles. The van der Waals surface area contributed by atoms with E-state index in [1.54, 1.807) is 6.33 Å². The predicted molar refractivity (Wildman–Crippen MR) is 92.7 cm³/mol. The predicted octanol–water partition coefficient (Wildman–Crippen LogP) is 1.79. The van der Waals surface area contributed by atoms with Gasteiger partial charge in [0.25, 0.3) is 0 Å². The fourth-order valence-electron chi connectivity index (χ4n) is 3.02. The summed E-state index contributed by atoms with van der Waals surface area (Å²) in [7, 11) is 1.96. The molecule has 1 fully saturated rings. The fourth-order valence-corrected chi connectivity index (χ4v) is 3.02. The number of rotatable bonds is 3. The minimum atomic E-state index is 0.201. The molecule has 4 aromatic rings. The third-order valence-electron chi connectivity index (χ3n) is 4.48. The number of nitrogens with two attached hydrogens (primary N) is 1. The summed E-state index contributed by atoms with van der Waals surface area (Å²) >= 11 is 0. The molecule has 1 aliphatic carbocycles. The van der Waals surface area contributed by atoms with Gasteiger partial charge in [-0.3, -0.25) is 0 Å². The maximum absolute atomic E-state index is 5.92. The molecule has 0 unspecified atom stereocenters. The van der Waals surface area contributed by atoms with Gasteiger partial charge in [0.1, 0.15) is 0 Å². The van der Waals surface area contributed by atoms with Crippen molar-refractivity contribution in [3.8, 4) is 11.3 Å². The summed E-state index contributed by atoms with van der Waals surface area (Å²) in [6, 6.07) is 12.6. The molecule has 3 aromatic heterocycles. The van der Waals surface area contributed by atoms with E-state index in [4.69, 9.17) is 15.8 Å². The minimum absolute atomic E-state index is 0.201. The van der Waals surface area contributed by atoms with Gasteiger partial charge in [-0.2, -0.15) is 9.61 Å². The lowest BCUT2D eigenvalue weighted by atomic mass is 10.2. The van der Waals surface area contributed by atoms with Gasteiger partial charge in [0, 0.05) is 30.8 Å². The molecule has 2 atom stereocenters. The molecule has 24 heavy (non-hydrogen) atoms. The summed E-state index contributed by atoms with van der Waals surface area (Å²) in [6.07, 6.45) is 2.75. The third kappa shape index (κ3) is 1.98. The first kappa shape index (κ1) is 13.5. The zero-order chi connectivity index (χ0) is 16.3. The summed E-state index contributed by atoms with van der Waals surface area (Å²) in [4.78, 5) is 9.23. The Kier molecular flexibility index (Phi) is 2.69. The SMILES string of the molecule is Cn1cnc2c(N[C@H]3C[C@@H]3N)nc3cc(-c4ccccc4)nn3c21. The van der Waals surface area contributed by atoms with Crippen LogP contribution >= 0.6 is 0 Å². The first-order valence-electron chi connectivity index (χ1n) is 7.99. The van der Waals surface area contributed by atoms with Crippen molar-refractivity contribution in [2.24, 2.45) is 12.8 Å². The van der Waals surface area contributed by atoms with E-state index in [9.17, 15) is 0 Å². The van der Waals surface area contributed by atoms with E-state index in [0.29, 0.717) is 0 Å². The second kappa shape index (κ2) is 4.78. The van der Waals surface area contributed by atoms with Gasteiger partial charge in [-0.15, -0.1) is 0 Å². The molecule has 0 saturated heterocycles. The summed E-state index contributed by atoms with van der Waals surface area (Å²) in [5.74, 6) is 0.774. The zero-order valence-electron chi connectivity index (χ0n) is 13.2. The van der Waals surface area contributed by atoms with Gasteiger partial charge in [-0.1, -0.05) is 30.3 Å². The second-order valence-corrected chi connectivity index (χ2v) is 6.30. The van der Waals surface area contributed by atoms with Crippen molar-refractivity contribution < 1.29 is 0 Å². The number of aryl methyl sites for hydroxylation is 1. The highest BCUT2D eigenvalue weighted by Crippen LogP contribution is 2.29. The van der Waals surface area contributed by atoms with Gasteiger partial charge in [-0.25, -0.2) is 9.97 Å². The Morgan fingerprint density at radius 1 is 1.25 bits per heavy atom. The van der Waals surface area contributed by atoms with Crippen molar-refractivity contribution in [1.29, 1.82) is 0 Å². The Labute approximate surface area is 138 Å². The van der Waals surface area contributed by atoms with Crippen LogP contribution in [0.3, 0.4) is 0 Å². The molecule has 1 aliphatic rings. The molecule has 120 valence electrons. The van der Waals surface area contributed by atoms with E-state index in [-0.39, 0.29) is 12.1 Å². The van der Waals surface area contributed by atoms with Crippen molar-refractivity contribution in [2.75, 3.05) is 5.32 Å². The standard InChI is InChI=1S/C17H17N7/c1-23-9-19-15-16(20-13-7-11(13)18)21-14-8-12(22-24(14)17(15)23)10-5-3-2-4-6-10/h2-6,8-9,11,13H,7,18H2,1H3,(H,20,21)/t11-,13-/m0/s1. The molecular weight excluding hydrogens is 302 g/mol. The third-order valence-corrected chi connectivity index (χ3v) is 4.48. The van der Waals surface area contributed by atoms with Crippen LogP contribution in [0, 0.1) is 0 Å². The molecule has 3 heterocycles. The Morgan fingerprint density at radius 3 is 2.79 bits per heavy atom. The van der Waals surface area contributed by atoms with Crippen LogP contribution in [0.1, 0.15) is 6.42 Å². The number of benzene rings is 1. The van der Waals surface area contributed by atoms with E-state index in [2.05, 4.69) is 10.3 Å². The Balaban J connectivity index is 1.73. The van der Waals surface area contributed by atoms with Crippen LogP contribution in [0.15, 0.2) is 42.7 Å².